The molecule has 92 valence electrons. The van der Waals surface area contributed by atoms with E-state index in [1.165, 1.54) is 37.7 Å². The minimum atomic E-state index is 0.688. The van der Waals surface area contributed by atoms with Crippen LogP contribution in [0.1, 0.15) is 56.1 Å². The Bertz CT molecular complexity index is 377. The summed E-state index contributed by atoms with van der Waals surface area (Å²) in [5, 5.41) is 3.69. The van der Waals surface area contributed by atoms with E-state index in [0.717, 1.165) is 18.4 Å². The van der Waals surface area contributed by atoms with Crippen LogP contribution in [-0.4, -0.2) is 6.04 Å². The van der Waals surface area contributed by atoms with Gasteiger partial charge >= 0.3 is 0 Å². The summed E-state index contributed by atoms with van der Waals surface area (Å²) >= 11 is 0. The highest BCUT2D eigenvalue weighted by molar-refractivity contribution is 5.29. The van der Waals surface area contributed by atoms with Gasteiger partial charge in [0.25, 0.3) is 0 Å². The van der Waals surface area contributed by atoms with Crippen LogP contribution in [0.5, 0.6) is 0 Å². The lowest BCUT2D eigenvalue weighted by Crippen LogP contribution is -2.36. The SMILES string of the molecule is CC(NCc1cccc(C2CC2)c1)C1CCC1. The zero-order valence-corrected chi connectivity index (χ0v) is 10.8. The van der Waals surface area contributed by atoms with Gasteiger partial charge in [-0.05, 0) is 55.6 Å². The summed E-state index contributed by atoms with van der Waals surface area (Å²) in [5.41, 5.74) is 3.01. The Balaban J connectivity index is 1.54. The zero-order chi connectivity index (χ0) is 11.7. The normalized spacial score (nSPS) is 22.2. The average molecular weight is 229 g/mol. The number of hydrogen-bond acceptors (Lipinski definition) is 1. The predicted molar refractivity (Wildman–Crippen MR) is 72.1 cm³/mol. The van der Waals surface area contributed by atoms with Crippen LogP contribution in [0.15, 0.2) is 24.3 Å². The third-order valence-electron chi connectivity index (χ3n) is 4.48. The highest BCUT2D eigenvalue weighted by Gasteiger charge is 2.24. The van der Waals surface area contributed by atoms with Crippen molar-refractivity contribution in [2.24, 2.45) is 5.92 Å². The van der Waals surface area contributed by atoms with Gasteiger partial charge < -0.3 is 5.32 Å². The van der Waals surface area contributed by atoms with Crippen LogP contribution in [0.3, 0.4) is 0 Å². The van der Waals surface area contributed by atoms with E-state index >= 15 is 0 Å². The van der Waals surface area contributed by atoms with Crippen molar-refractivity contribution in [2.45, 2.75) is 57.5 Å². The third-order valence-corrected chi connectivity index (χ3v) is 4.48. The molecule has 1 atom stereocenters. The fraction of sp³-hybridized carbons (Fsp3) is 0.625. The molecule has 3 rings (SSSR count). The second kappa shape index (κ2) is 4.81. The molecule has 0 spiro atoms. The first-order chi connectivity index (χ1) is 8.33. The van der Waals surface area contributed by atoms with Gasteiger partial charge in [-0.15, -0.1) is 0 Å². The molecule has 0 bridgehead atoms. The van der Waals surface area contributed by atoms with Crippen molar-refractivity contribution in [3.8, 4) is 0 Å². The minimum Gasteiger partial charge on any atom is -0.310 e. The van der Waals surface area contributed by atoms with E-state index in [4.69, 9.17) is 0 Å². The van der Waals surface area contributed by atoms with Crippen molar-refractivity contribution in [1.29, 1.82) is 0 Å². The Kier molecular flexibility index (Phi) is 3.19. The molecular weight excluding hydrogens is 206 g/mol. The molecule has 2 saturated carbocycles. The highest BCUT2D eigenvalue weighted by atomic mass is 14.9. The summed E-state index contributed by atoms with van der Waals surface area (Å²) in [4.78, 5) is 0. The maximum absolute atomic E-state index is 3.69. The maximum Gasteiger partial charge on any atom is 0.0208 e. The van der Waals surface area contributed by atoms with Crippen molar-refractivity contribution in [2.75, 3.05) is 0 Å². The van der Waals surface area contributed by atoms with E-state index in [0.29, 0.717) is 6.04 Å². The second-order valence-electron chi connectivity index (χ2n) is 5.88. The van der Waals surface area contributed by atoms with Gasteiger partial charge in [0.1, 0.15) is 0 Å². The molecule has 1 unspecified atom stereocenters. The van der Waals surface area contributed by atoms with Gasteiger partial charge in [-0.2, -0.15) is 0 Å². The Labute approximate surface area is 105 Å². The van der Waals surface area contributed by atoms with E-state index < -0.39 is 0 Å². The molecule has 1 aromatic rings. The van der Waals surface area contributed by atoms with Gasteiger partial charge in [0, 0.05) is 12.6 Å². The molecule has 1 aromatic carbocycles. The van der Waals surface area contributed by atoms with Crippen LogP contribution in [0.4, 0.5) is 0 Å². The van der Waals surface area contributed by atoms with Gasteiger partial charge in [-0.1, -0.05) is 30.7 Å². The monoisotopic (exact) mass is 229 g/mol. The first-order valence-electron chi connectivity index (χ1n) is 7.15. The Morgan fingerprint density at radius 3 is 2.71 bits per heavy atom. The summed E-state index contributed by atoms with van der Waals surface area (Å²) in [7, 11) is 0. The van der Waals surface area contributed by atoms with Gasteiger partial charge in [0.05, 0.1) is 0 Å². The molecule has 1 heteroatoms. The molecule has 1 nitrogen and oxygen atoms in total. The van der Waals surface area contributed by atoms with Crippen LogP contribution in [0.2, 0.25) is 0 Å². The molecular formula is C16H23N. The Morgan fingerprint density at radius 1 is 1.24 bits per heavy atom. The van der Waals surface area contributed by atoms with E-state index in [1.807, 2.05) is 0 Å². The zero-order valence-electron chi connectivity index (χ0n) is 10.8. The van der Waals surface area contributed by atoms with Gasteiger partial charge in [-0.25, -0.2) is 0 Å². The van der Waals surface area contributed by atoms with Gasteiger partial charge in [-0.3, -0.25) is 0 Å². The number of benzene rings is 1. The summed E-state index contributed by atoms with van der Waals surface area (Å²) in [5.74, 6) is 1.81. The molecule has 0 amide bonds. The number of rotatable bonds is 5. The number of nitrogens with one attached hydrogen (secondary N) is 1. The lowest BCUT2D eigenvalue weighted by atomic mass is 9.80. The summed E-state index contributed by atoms with van der Waals surface area (Å²) in [6, 6.07) is 9.85. The topological polar surface area (TPSA) is 12.0 Å². The quantitative estimate of drug-likeness (QED) is 0.809. The van der Waals surface area contributed by atoms with Crippen LogP contribution < -0.4 is 5.32 Å². The van der Waals surface area contributed by atoms with E-state index in [-0.39, 0.29) is 0 Å². The summed E-state index contributed by atoms with van der Waals surface area (Å²) in [6.45, 7) is 3.38. The lowest BCUT2D eigenvalue weighted by molar-refractivity contribution is 0.240. The summed E-state index contributed by atoms with van der Waals surface area (Å²) < 4.78 is 0. The third kappa shape index (κ3) is 2.71. The maximum atomic E-state index is 3.69. The van der Waals surface area contributed by atoms with Crippen molar-refractivity contribution < 1.29 is 0 Å². The van der Waals surface area contributed by atoms with Crippen LogP contribution >= 0.6 is 0 Å². The second-order valence-corrected chi connectivity index (χ2v) is 5.88. The Morgan fingerprint density at radius 2 is 2.06 bits per heavy atom. The molecule has 0 radical (unpaired) electrons. The molecule has 0 heterocycles. The van der Waals surface area contributed by atoms with Gasteiger partial charge in [0.2, 0.25) is 0 Å². The molecule has 0 aromatic heterocycles. The number of hydrogen-bond donors (Lipinski definition) is 1. The molecule has 2 aliphatic rings. The summed E-state index contributed by atoms with van der Waals surface area (Å²) in [6.07, 6.45) is 7.09. The first kappa shape index (κ1) is 11.3. The van der Waals surface area contributed by atoms with Crippen LogP contribution in [-0.2, 0) is 6.54 Å². The van der Waals surface area contributed by atoms with Crippen molar-refractivity contribution >= 4 is 0 Å². The molecule has 0 aliphatic heterocycles. The van der Waals surface area contributed by atoms with Crippen LogP contribution in [0.25, 0.3) is 0 Å². The molecule has 0 saturated heterocycles. The fourth-order valence-electron chi connectivity index (χ4n) is 2.76. The van der Waals surface area contributed by atoms with Crippen molar-refractivity contribution in [3.63, 3.8) is 0 Å². The largest absolute Gasteiger partial charge is 0.310 e. The van der Waals surface area contributed by atoms with E-state index in [2.05, 4.69) is 36.5 Å². The highest BCUT2D eigenvalue weighted by Crippen LogP contribution is 2.40. The molecule has 1 N–H and O–H groups in total. The van der Waals surface area contributed by atoms with Crippen molar-refractivity contribution in [3.05, 3.63) is 35.4 Å². The average Bonchev–Trinajstić information content (AvgIpc) is 3.08. The lowest BCUT2D eigenvalue weighted by Gasteiger charge is -2.32. The predicted octanol–water partition coefficient (Wildman–Crippen LogP) is 3.84. The molecule has 2 fully saturated rings. The Hall–Kier alpha value is -0.820. The van der Waals surface area contributed by atoms with Gasteiger partial charge in [0.15, 0.2) is 0 Å². The fourth-order valence-corrected chi connectivity index (χ4v) is 2.76. The smallest absolute Gasteiger partial charge is 0.0208 e. The first-order valence-corrected chi connectivity index (χ1v) is 7.15. The standard InChI is InChI=1S/C16H23N/c1-12(14-5-3-6-14)17-11-13-4-2-7-16(10-13)15-8-9-15/h2,4,7,10,12,14-15,17H,3,5-6,8-9,11H2,1H3. The minimum absolute atomic E-state index is 0.688. The van der Waals surface area contributed by atoms with Crippen molar-refractivity contribution in [1.82, 2.24) is 5.32 Å². The molecule has 2 aliphatic carbocycles. The van der Waals surface area contributed by atoms with E-state index in [9.17, 15) is 0 Å². The molecule has 17 heavy (non-hydrogen) atoms. The van der Waals surface area contributed by atoms with E-state index in [1.54, 1.807) is 5.56 Å². The van der Waals surface area contributed by atoms with Crippen LogP contribution in [0, 0.1) is 5.92 Å².